The molecule has 0 amide bonds. The predicted molar refractivity (Wildman–Crippen MR) is 121 cm³/mol. The lowest BCUT2D eigenvalue weighted by Crippen LogP contribution is -3.00. The minimum Gasteiger partial charge on any atom is -1.00 e. The van der Waals surface area contributed by atoms with Gasteiger partial charge in [0, 0.05) is 0 Å². The van der Waals surface area contributed by atoms with E-state index in [9.17, 15) is 0 Å². The molecular weight excluding hydrogens is 493 g/mol. The number of nitrogens with zero attached hydrogens (tertiary/aromatic N) is 1. The SMILES string of the molecule is Brc1cccc(C[P+](c2ccccc2)(c2ccccc2)c2ccccc2)n1.[Br-]. The smallest absolute Gasteiger partial charge is 0.118 e. The van der Waals surface area contributed by atoms with Crippen LogP contribution in [0.4, 0.5) is 0 Å². The molecular formula is C24H20Br2NP. The number of hydrogen-bond donors (Lipinski definition) is 0. The molecule has 0 spiro atoms. The van der Waals surface area contributed by atoms with Crippen LogP contribution in [0.2, 0.25) is 0 Å². The Hall–Kier alpha value is -1.80. The molecule has 4 rings (SSSR count). The summed E-state index contributed by atoms with van der Waals surface area (Å²) < 4.78 is 0.882. The predicted octanol–water partition coefficient (Wildman–Crippen LogP) is 2.34. The molecule has 0 unspecified atom stereocenters. The fraction of sp³-hybridized carbons (Fsp3) is 0.0417. The maximum atomic E-state index is 4.78. The molecule has 1 heterocycles. The zero-order valence-corrected chi connectivity index (χ0v) is 19.3. The van der Waals surface area contributed by atoms with Gasteiger partial charge in [-0.3, -0.25) is 0 Å². The van der Waals surface area contributed by atoms with Gasteiger partial charge in [-0.2, -0.15) is 0 Å². The average molecular weight is 513 g/mol. The molecule has 0 aliphatic rings. The molecule has 0 aliphatic carbocycles. The Morgan fingerprint density at radius 2 is 1.00 bits per heavy atom. The minimum absolute atomic E-state index is 0. The zero-order valence-electron chi connectivity index (χ0n) is 15.2. The Bertz CT molecular complexity index is 912. The summed E-state index contributed by atoms with van der Waals surface area (Å²) in [6, 6.07) is 38.9. The van der Waals surface area contributed by atoms with Gasteiger partial charge < -0.3 is 17.0 Å². The molecule has 0 saturated carbocycles. The Morgan fingerprint density at radius 3 is 1.39 bits per heavy atom. The topological polar surface area (TPSA) is 12.9 Å². The van der Waals surface area contributed by atoms with Gasteiger partial charge in [0.1, 0.15) is 33.9 Å². The molecule has 3 aromatic carbocycles. The van der Waals surface area contributed by atoms with Crippen LogP contribution in [0.15, 0.2) is 114 Å². The summed E-state index contributed by atoms with van der Waals surface area (Å²) in [7, 11) is -1.88. The molecule has 0 radical (unpaired) electrons. The maximum Gasteiger partial charge on any atom is 0.118 e. The van der Waals surface area contributed by atoms with Crippen molar-refractivity contribution >= 4 is 39.1 Å². The number of benzene rings is 3. The maximum absolute atomic E-state index is 4.78. The van der Waals surface area contributed by atoms with Crippen LogP contribution in [0.1, 0.15) is 5.69 Å². The second kappa shape index (κ2) is 9.60. The van der Waals surface area contributed by atoms with E-state index in [0.29, 0.717) is 0 Å². The third-order valence-electron chi connectivity index (χ3n) is 4.76. The van der Waals surface area contributed by atoms with Crippen molar-refractivity contribution < 1.29 is 17.0 Å². The first-order valence-electron chi connectivity index (χ1n) is 8.95. The molecule has 4 aromatic rings. The molecule has 0 aliphatic heterocycles. The first kappa shape index (κ1) is 20.9. The summed E-state index contributed by atoms with van der Waals surface area (Å²) in [5.41, 5.74) is 1.11. The van der Waals surface area contributed by atoms with E-state index in [1.54, 1.807) is 0 Å². The van der Waals surface area contributed by atoms with Crippen LogP contribution in [0.25, 0.3) is 0 Å². The van der Waals surface area contributed by atoms with Crippen molar-refractivity contribution in [1.29, 1.82) is 0 Å². The Balaban J connectivity index is 0.00000225. The van der Waals surface area contributed by atoms with Crippen LogP contribution in [-0.2, 0) is 6.16 Å². The summed E-state index contributed by atoms with van der Waals surface area (Å²) in [5.74, 6) is 0. The van der Waals surface area contributed by atoms with Gasteiger partial charge in [0.15, 0.2) is 0 Å². The van der Waals surface area contributed by atoms with Crippen molar-refractivity contribution in [3.63, 3.8) is 0 Å². The van der Waals surface area contributed by atoms with Crippen LogP contribution in [0.3, 0.4) is 0 Å². The number of rotatable bonds is 5. The number of hydrogen-bond acceptors (Lipinski definition) is 1. The van der Waals surface area contributed by atoms with Crippen molar-refractivity contribution in [3.8, 4) is 0 Å². The van der Waals surface area contributed by atoms with E-state index in [0.717, 1.165) is 16.5 Å². The molecule has 0 fully saturated rings. The average Bonchev–Trinajstić information content (AvgIpc) is 2.74. The second-order valence-electron chi connectivity index (χ2n) is 6.43. The lowest BCUT2D eigenvalue weighted by molar-refractivity contribution is -0.00000522. The van der Waals surface area contributed by atoms with Crippen LogP contribution in [0, 0.1) is 0 Å². The molecule has 0 saturated heterocycles. The van der Waals surface area contributed by atoms with Crippen molar-refractivity contribution in [1.82, 2.24) is 4.98 Å². The van der Waals surface area contributed by atoms with Gasteiger partial charge in [-0.1, -0.05) is 60.7 Å². The normalized spacial score (nSPS) is 10.9. The summed E-state index contributed by atoms with van der Waals surface area (Å²) in [6.45, 7) is 0. The van der Waals surface area contributed by atoms with Gasteiger partial charge in [0.2, 0.25) is 0 Å². The highest BCUT2D eigenvalue weighted by Crippen LogP contribution is 2.57. The highest BCUT2D eigenvalue weighted by Gasteiger charge is 2.45. The van der Waals surface area contributed by atoms with Crippen LogP contribution >= 0.6 is 23.2 Å². The quantitative estimate of drug-likeness (QED) is 0.295. The molecule has 0 atom stereocenters. The minimum atomic E-state index is -1.88. The fourth-order valence-electron chi connectivity index (χ4n) is 3.55. The van der Waals surface area contributed by atoms with Gasteiger partial charge in [-0.05, 0) is 64.5 Å². The van der Waals surface area contributed by atoms with Crippen molar-refractivity contribution in [2.45, 2.75) is 6.16 Å². The Morgan fingerprint density at radius 1 is 0.571 bits per heavy atom. The number of aromatic nitrogens is 1. The first-order chi connectivity index (χ1) is 13.3. The molecule has 1 nitrogen and oxygen atoms in total. The molecule has 1 aromatic heterocycles. The van der Waals surface area contributed by atoms with E-state index >= 15 is 0 Å². The van der Waals surface area contributed by atoms with Gasteiger partial charge in [0.05, 0.1) is 5.69 Å². The van der Waals surface area contributed by atoms with E-state index in [1.807, 2.05) is 6.07 Å². The molecule has 0 N–H and O–H groups in total. The van der Waals surface area contributed by atoms with E-state index in [1.165, 1.54) is 15.9 Å². The van der Waals surface area contributed by atoms with Crippen LogP contribution in [-0.4, -0.2) is 4.98 Å². The lowest BCUT2D eigenvalue weighted by Gasteiger charge is -2.27. The highest BCUT2D eigenvalue weighted by molar-refractivity contribution is 9.10. The van der Waals surface area contributed by atoms with Crippen LogP contribution < -0.4 is 32.9 Å². The van der Waals surface area contributed by atoms with E-state index in [4.69, 9.17) is 4.98 Å². The number of halogens is 2. The molecule has 4 heteroatoms. The van der Waals surface area contributed by atoms with Crippen molar-refractivity contribution in [3.05, 3.63) is 119 Å². The summed E-state index contributed by atoms with van der Waals surface area (Å²) >= 11 is 3.54. The van der Waals surface area contributed by atoms with E-state index in [2.05, 4.69) is 119 Å². The van der Waals surface area contributed by atoms with E-state index < -0.39 is 7.26 Å². The zero-order chi connectivity index (χ0) is 18.5. The Kier molecular flexibility index (Phi) is 7.18. The fourth-order valence-corrected chi connectivity index (χ4v) is 8.08. The monoisotopic (exact) mass is 511 g/mol. The second-order valence-corrected chi connectivity index (χ2v) is 10.7. The third kappa shape index (κ3) is 4.27. The summed E-state index contributed by atoms with van der Waals surface area (Å²) in [4.78, 5) is 4.78. The largest absolute Gasteiger partial charge is 1.00 e. The lowest BCUT2D eigenvalue weighted by atomic mass is 10.3. The highest BCUT2D eigenvalue weighted by atomic mass is 79.9. The van der Waals surface area contributed by atoms with Crippen molar-refractivity contribution in [2.24, 2.45) is 0 Å². The molecule has 140 valence electrons. The summed E-state index contributed by atoms with van der Waals surface area (Å²) in [5, 5.41) is 4.14. The molecule has 28 heavy (non-hydrogen) atoms. The van der Waals surface area contributed by atoms with Gasteiger partial charge >= 0.3 is 0 Å². The van der Waals surface area contributed by atoms with Gasteiger partial charge in [-0.15, -0.1) is 0 Å². The summed E-state index contributed by atoms with van der Waals surface area (Å²) in [6.07, 6.45) is 0.893. The van der Waals surface area contributed by atoms with Gasteiger partial charge in [-0.25, -0.2) is 4.98 Å². The van der Waals surface area contributed by atoms with Crippen molar-refractivity contribution in [2.75, 3.05) is 0 Å². The molecule has 0 bridgehead atoms. The Labute approximate surface area is 186 Å². The van der Waals surface area contributed by atoms with Gasteiger partial charge in [0.25, 0.3) is 0 Å². The van der Waals surface area contributed by atoms with Crippen LogP contribution in [0.5, 0.6) is 0 Å². The van der Waals surface area contributed by atoms with E-state index in [-0.39, 0.29) is 17.0 Å². The first-order valence-corrected chi connectivity index (χ1v) is 11.7. The third-order valence-corrected chi connectivity index (χ3v) is 9.54. The number of pyridine rings is 1. The standard InChI is InChI=1S/C24H20BrNP.BrH/c25-24-18-10-11-20(26-24)19-27(21-12-4-1-5-13-21,22-14-6-2-7-15-22)23-16-8-3-9-17-23;/h1-18H,19H2;1H/q+1;/p-1.